The van der Waals surface area contributed by atoms with Crippen LogP contribution in [0.5, 0.6) is 5.75 Å². The van der Waals surface area contributed by atoms with Gasteiger partial charge in [-0.25, -0.2) is 4.98 Å². The van der Waals surface area contributed by atoms with Crippen molar-refractivity contribution in [3.05, 3.63) is 88.2 Å². The van der Waals surface area contributed by atoms with Crippen molar-refractivity contribution in [1.29, 1.82) is 0 Å². The number of ether oxygens (including phenoxy) is 1. The molecule has 37 heavy (non-hydrogen) atoms. The maximum absolute atomic E-state index is 9.89. The van der Waals surface area contributed by atoms with Gasteiger partial charge < -0.3 is 14.2 Å². The molecule has 0 unspecified atom stereocenters. The quantitative estimate of drug-likeness (QED) is 0.282. The summed E-state index contributed by atoms with van der Waals surface area (Å²) in [5, 5.41) is 10.4. The number of aromatic nitrogens is 2. The van der Waals surface area contributed by atoms with Crippen molar-refractivity contribution < 1.29 is 9.84 Å². The lowest BCUT2D eigenvalue weighted by molar-refractivity contribution is 0.158. The second kappa shape index (κ2) is 11.3. The van der Waals surface area contributed by atoms with Gasteiger partial charge in [0.25, 0.3) is 0 Å². The SMILES string of the molecule is COc1cc(CO)c(-c2cn3ccc(CC4CCC(N(C)Cc5ccccc5C)CC4)cc3n2)cc1Cl. The number of imidazole rings is 1. The van der Waals surface area contributed by atoms with E-state index in [1.807, 2.05) is 16.7 Å². The lowest BCUT2D eigenvalue weighted by Crippen LogP contribution is -2.35. The van der Waals surface area contributed by atoms with Crippen LogP contribution in [0.4, 0.5) is 0 Å². The number of aliphatic hydroxyl groups excluding tert-OH is 1. The van der Waals surface area contributed by atoms with Gasteiger partial charge in [0.1, 0.15) is 11.4 Å². The first kappa shape index (κ1) is 25.8. The number of aryl methyl sites for hydroxylation is 1. The molecule has 1 fully saturated rings. The summed E-state index contributed by atoms with van der Waals surface area (Å²) < 4.78 is 7.34. The maximum atomic E-state index is 9.89. The Kier molecular flexibility index (Phi) is 7.84. The summed E-state index contributed by atoms with van der Waals surface area (Å²) >= 11 is 6.37. The highest BCUT2D eigenvalue weighted by molar-refractivity contribution is 6.32. The molecule has 1 N–H and O–H groups in total. The Labute approximate surface area is 224 Å². The van der Waals surface area contributed by atoms with Gasteiger partial charge in [0.2, 0.25) is 0 Å². The number of hydrogen-bond acceptors (Lipinski definition) is 4. The Bertz CT molecular complexity index is 1370. The topological polar surface area (TPSA) is 50.0 Å². The molecule has 1 aliphatic rings. The summed E-state index contributed by atoms with van der Waals surface area (Å²) in [4.78, 5) is 7.41. The van der Waals surface area contributed by atoms with Crippen LogP contribution < -0.4 is 4.74 Å². The van der Waals surface area contributed by atoms with E-state index in [0.29, 0.717) is 22.7 Å². The molecule has 4 aromatic rings. The third kappa shape index (κ3) is 5.69. The smallest absolute Gasteiger partial charge is 0.137 e. The van der Waals surface area contributed by atoms with E-state index >= 15 is 0 Å². The first-order valence-electron chi connectivity index (χ1n) is 13.1. The molecule has 0 bridgehead atoms. The van der Waals surface area contributed by atoms with E-state index in [2.05, 4.69) is 61.5 Å². The Balaban J connectivity index is 1.24. The van der Waals surface area contributed by atoms with Crippen LogP contribution in [0.2, 0.25) is 5.02 Å². The highest BCUT2D eigenvalue weighted by Crippen LogP contribution is 2.34. The predicted octanol–water partition coefficient (Wildman–Crippen LogP) is 6.70. The number of fused-ring (bicyclic) bond motifs is 1. The summed E-state index contributed by atoms with van der Waals surface area (Å²) in [5.74, 6) is 1.26. The number of aliphatic hydroxyl groups is 1. The lowest BCUT2D eigenvalue weighted by atomic mass is 9.82. The standard InChI is InChI=1S/C31H36ClN3O2/c1-21-6-4-5-7-24(21)18-34(2)26-10-8-22(9-11-26)14-23-12-13-35-19-29(33-31(35)15-23)27-17-28(32)30(37-3)16-25(27)20-36/h4-7,12-13,15-17,19,22,26,36H,8-11,14,18,20H2,1-3H3. The van der Waals surface area contributed by atoms with Gasteiger partial charge >= 0.3 is 0 Å². The summed E-state index contributed by atoms with van der Waals surface area (Å²) in [6.07, 6.45) is 10.2. The zero-order valence-corrected chi connectivity index (χ0v) is 22.7. The fourth-order valence-corrected chi connectivity index (χ4v) is 5.95. The Morgan fingerprint density at radius 3 is 2.59 bits per heavy atom. The molecule has 2 aromatic carbocycles. The largest absolute Gasteiger partial charge is 0.495 e. The minimum absolute atomic E-state index is 0.106. The molecule has 0 spiro atoms. The first-order chi connectivity index (χ1) is 17.9. The van der Waals surface area contributed by atoms with E-state index in [1.54, 1.807) is 13.2 Å². The molecule has 6 heteroatoms. The van der Waals surface area contributed by atoms with Crippen LogP contribution in [0.15, 0.2) is 60.9 Å². The van der Waals surface area contributed by atoms with E-state index in [0.717, 1.165) is 35.4 Å². The molecular weight excluding hydrogens is 482 g/mol. The number of nitrogens with zero attached hydrogens (tertiary/aromatic N) is 3. The average Bonchev–Trinajstić information content (AvgIpc) is 3.33. The van der Waals surface area contributed by atoms with Crippen molar-refractivity contribution in [3.8, 4) is 17.0 Å². The molecule has 0 atom stereocenters. The Morgan fingerprint density at radius 1 is 1.08 bits per heavy atom. The van der Waals surface area contributed by atoms with Crippen LogP contribution in [0.3, 0.4) is 0 Å². The fourth-order valence-electron chi connectivity index (χ4n) is 5.71. The average molecular weight is 518 g/mol. The van der Waals surface area contributed by atoms with Crippen molar-refractivity contribution in [2.75, 3.05) is 14.2 Å². The molecule has 0 aliphatic heterocycles. The molecule has 0 saturated heterocycles. The Morgan fingerprint density at radius 2 is 1.86 bits per heavy atom. The molecule has 1 aliphatic carbocycles. The van der Waals surface area contributed by atoms with E-state index in [-0.39, 0.29) is 6.61 Å². The molecular formula is C31H36ClN3O2. The van der Waals surface area contributed by atoms with Crippen LogP contribution >= 0.6 is 11.6 Å². The number of pyridine rings is 1. The zero-order valence-electron chi connectivity index (χ0n) is 22.0. The second-order valence-corrected chi connectivity index (χ2v) is 10.9. The summed E-state index contributed by atoms with van der Waals surface area (Å²) in [6, 6.07) is 17.4. The van der Waals surface area contributed by atoms with Crippen LogP contribution in [-0.4, -0.2) is 39.6 Å². The van der Waals surface area contributed by atoms with Gasteiger partial charge in [0, 0.05) is 30.5 Å². The highest BCUT2D eigenvalue weighted by atomic mass is 35.5. The molecule has 5 nitrogen and oxygen atoms in total. The molecule has 1 saturated carbocycles. The van der Waals surface area contributed by atoms with Crippen molar-refractivity contribution in [3.63, 3.8) is 0 Å². The second-order valence-electron chi connectivity index (χ2n) is 10.4. The van der Waals surface area contributed by atoms with Crippen LogP contribution in [-0.2, 0) is 19.6 Å². The summed E-state index contributed by atoms with van der Waals surface area (Å²) in [5.41, 5.74) is 7.42. The number of hydrogen-bond donors (Lipinski definition) is 1. The molecule has 5 rings (SSSR count). The summed E-state index contributed by atoms with van der Waals surface area (Å²) in [7, 11) is 3.85. The van der Waals surface area contributed by atoms with E-state index in [4.69, 9.17) is 21.3 Å². The fraction of sp³-hybridized carbons (Fsp3) is 0.387. The van der Waals surface area contributed by atoms with Crippen LogP contribution in [0.1, 0.15) is 47.9 Å². The van der Waals surface area contributed by atoms with Crippen molar-refractivity contribution >= 4 is 17.2 Å². The Hall–Kier alpha value is -2.86. The molecule has 0 amide bonds. The number of methoxy groups -OCH3 is 1. The van der Waals surface area contributed by atoms with Gasteiger partial charge in [-0.3, -0.25) is 4.90 Å². The molecule has 0 radical (unpaired) electrons. The van der Waals surface area contributed by atoms with Gasteiger partial charge in [0.05, 0.1) is 24.4 Å². The first-order valence-corrected chi connectivity index (χ1v) is 13.5. The van der Waals surface area contributed by atoms with Crippen LogP contribution in [0.25, 0.3) is 16.9 Å². The molecule has 2 heterocycles. The third-order valence-corrected chi connectivity index (χ3v) is 8.29. The number of rotatable bonds is 8. The van der Waals surface area contributed by atoms with Crippen molar-refractivity contribution in [2.24, 2.45) is 5.92 Å². The number of halogens is 1. The third-order valence-electron chi connectivity index (χ3n) is 7.99. The normalized spacial score (nSPS) is 18.0. The predicted molar refractivity (Wildman–Crippen MR) is 150 cm³/mol. The van der Waals surface area contributed by atoms with E-state index in [9.17, 15) is 5.11 Å². The number of benzene rings is 2. The van der Waals surface area contributed by atoms with Crippen molar-refractivity contribution in [2.45, 2.75) is 58.2 Å². The maximum Gasteiger partial charge on any atom is 0.137 e. The molecule has 2 aromatic heterocycles. The zero-order chi connectivity index (χ0) is 25.9. The molecule has 194 valence electrons. The monoisotopic (exact) mass is 517 g/mol. The van der Waals surface area contributed by atoms with Gasteiger partial charge in [-0.15, -0.1) is 0 Å². The van der Waals surface area contributed by atoms with Gasteiger partial charge in [0.15, 0.2) is 0 Å². The van der Waals surface area contributed by atoms with E-state index < -0.39 is 0 Å². The minimum atomic E-state index is -0.106. The highest BCUT2D eigenvalue weighted by Gasteiger charge is 2.24. The lowest BCUT2D eigenvalue weighted by Gasteiger charge is -2.35. The van der Waals surface area contributed by atoms with Crippen molar-refractivity contribution in [1.82, 2.24) is 14.3 Å². The van der Waals surface area contributed by atoms with Gasteiger partial charge in [-0.1, -0.05) is 35.9 Å². The van der Waals surface area contributed by atoms with Gasteiger partial charge in [-0.05, 0) is 98.5 Å². The van der Waals surface area contributed by atoms with Crippen LogP contribution in [0, 0.1) is 12.8 Å². The van der Waals surface area contributed by atoms with E-state index in [1.165, 1.54) is 42.4 Å². The minimum Gasteiger partial charge on any atom is -0.495 e. The summed E-state index contributed by atoms with van der Waals surface area (Å²) in [6.45, 7) is 3.13. The van der Waals surface area contributed by atoms with Gasteiger partial charge in [-0.2, -0.15) is 0 Å².